The number of hydrogen-bond donors (Lipinski definition) is 1. The van der Waals surface area contributed by atoms with Gasteiger partial charge in [0.05, 0.1) is 30.0 Å². The van der Waals surface area contributed by atoms with E-state index in [9.17, 15) is 18.0 Å². The summed E-state index contributed by atoms with van der Waals surface area (Å²) in [6.07, 6.45) is 7.79. The Morgan fingerprint density at radius 3 is 2.33 bits per heavy atom. The molecule has 2 amide bonds. The number of nitrogens with one attached hydrogen (secondary N) is 1. The van der Waals surface area contributed by atoms with Crippen LogP contribution in [0.25, 0.3) is 6.08 Å². The molecule has 0 saturated carbocycles. The predicted octanol–water partition coefficient (Wildman–Crippen LogP) is 4.08. The summed E-state index contributed by atoms with van der Waals surface area (Å²) in [5.41, 5.74) is 2.83. The average Bonchev–Trinajstić information content (AvgIpc) is 3.39. The Hall–Kier alpha value is -4.28. The molecule has 9 nitrogen and oxygen atoms in total. The minimum Gasteiger partial charge on any atom is -0.310 e. The maximum atomic E-state index is 13.7. The van der Waals surface area contributed by atoms with Crippen molar-refractivity contribution in [2.24, 2.45) is 5.92 Å². The van der Waals surface area contributed by atoms with Gasteiger partial charge >= 0.3 is 0 Å². The standard InChI is InChI=1S/C29H29N5O4S.ClH/c1-2-34(26-14-9-16-30-20-26)29(36)27(18-25-19-31-33(22-25)21-24-12-7-4-8-13-24)28(35)32-39(37,38)17-15-23-10-5-3-6-11-23;/h3-17,19-20,22,27H,2,18,21H2,1H3,(H,32,35);1H. The third kappa shape index (κ3) is 8.36. The van der Waals surface area contributed by atoms with Gasteiger partial charge in [-0.05, 0) is 48.2 Å². The van der Waals surface area contributed by atoms with Gasteiger partial charge in [0.2, 0.25) is 11.8 Å². The number of benzene rings is 2. The van der Waals surface area contributed by atoms with Gasteiger partial charge in [-0.1, -0.05) is 60.7 Å². The van der Waals surface area contributed by atoms with Crippen LogP contribution in [0.2, 0.25) is 0 Å². The highest BCUT2D eigenvalue weighted by atomic mass is 35.5. The highest BCUT2D eigenvalue weighted by Gasteiger charge is 2.33. The molecule has 11 heteroatoms. The zero-order valence-corrected chi connectivity index (χ0v) is 23.5. The maximum Gasteiger partial charge on any atom is 0.257 e. The molecule has 0 aliphatic carbocycles. The third-order valence-corrected chi connectivity index (χ3v) is 6.93. The van der Waals surface area contributed by atoms with Crippen molar-refractivity contribution < 1.29 is 18.0 Å². The molecule has 0 radical (unpaired) electrons. The number of hydrogen-bond acceptors (Lipinski definition) is 6. The first-order chi connectivity index (χ1) is 18.8. The number of amides is 2. The number of sulfonamides is 1. The second kappa shape index (κ2) is 14.2. The molecule has 0 saturated heterocycles. The molecule has 0 bridgehead atoms. The first-order valence-electron chi connectivity index (χ1n) is 12.4. The van der Waals surface area contributed by atoms with Crippen LogP contribution < -0.4 is 9.62 Å². The predicted molar refractivity (Wildman–Crippen MR) is 157 cm³/mol. The van der Waals surface area contributed by atoms with Crippen molar-refractivity contribution in [1.82, 2.24) is 19.5 Å². The summed E-state index contributed by atoms with van der Waals surface area (Å²) in [6.45, 7) is 2.56. The van der Waals surface area contributed by atoms with Crippen molar-refractivity contribution in [3.63, 3.8) is 0 Å². The van der Waals surface area contributed by atoms with Crippen LogP contribution in [-0.2, 0) is 32.6 Å². The molecule has 1 unspecified atom stereocenters. The van der Waals surface area contributed by atoms with Gasteiger partial charge in [0.1, 0.15) is 5.92 Å². The fraction of sp³-hybridized carbons (Fsp3) is 0.172. The number of pyridine rings is 1. The second-order valence-corrected chi connectivity index (χ2v) is 10.4. The number of aromatic nitrogens is 3. The molecule has 0 aliphatic heterocycles. The second-order valence-electron chi connectivity index (χ2n) is 8.81. The van der Waals surface area contributed by atoms with Crippen LogP contribution in [0.5, 0.6) is 0 Å². The van der Waals surface area contributed by atoms with Crippen LogP contribution in [-0.4, -0.2) is 41.5 Å². The van der Waals surface area contributed by atoms with Gasteiger partial charge in [0.25, 0.3) is 10.0 Å². The lowest BCUT2D eigenvalue weighted by atomic mass is 9.99. The van der Waals surface area contributed by atoms with Crippen molar-refractivity contribution in [3.8, 4) is 0 Å². The van der Waals surface area contributed by atoms with Crippen molar-refractivity contribution in [2.45, 2.75) is 19.9 Å². The fourth-order valence-electron chi connectivity index (χ4n) is 4.04. The Morgan fingerprint density at radius 1 is 0.975 bits per heavy atom. The average molecular weight is 580 g/mol. The van der Waals surface area contributed by atoms with E-state index >= 15 is 0 Å². The molecule has 208 valence electrons. The van der Waals surface area contributed by atoms with E-state index in [0.717, 1.165) is 11.0 Å². The summed E-state index contributed by atoms with van der Waals surface area (Å²) in [5, 5.41) is 5.28. The lowest BCUT2D eigenvalue weighted by Gasteiger charge is -2.25. The Balaban J connectivity index is 0.00000441. The monoisotopic (exact) mass is 579 g/mol. The summed E-state index contributed by atoms with van der Waals surface area (Å²) >= 11 is 0. The minimum atomic E-state index is -4.17. The molecule has 0 fully saturated rings. The number of rotatable bonds is 11. The minimum absolute atomic E-state index is 0. The quantitative estimate of drug-likeness (QED) is 0.268. The van der Waals surface area contributed by atoms with Crippen molar-refractivity contribution >= 4 is 46.0 Å². The summed E-state index contributed by atoms with van der Waals surface area (Å²) in [7, 11) is -4.17. The van der Waals surface area contributed by atoms with Gasteiger partial charge in [-0.15, -0.1) is 12.4 Å². The number of nitrogens with zero attached hydrogens (tertiary/aromatic N) is 4. The molecular formula is C29H30ClN5O4S. The van der Waals surface area contributed by atoms with Gasteiger partial charge in [-0.3, -0.25) is 19.3 Å². The summed E-state index contributed by atoms with van der Waals surface area (Å²) < 4.78 is 29.3. The van der Waals surface area contributed by atoms with Crippen LogP contribution in [0.15, 0.2) is 103 Å². The first kappa shape index (κ1) is 30.3. The molecule has 0 spiro atoms. The molecular weight excluding hydrogens is 550 g/mol. The topological polar surface area (TPSA) is 114 Å². The molecule has 1 N–H and O–H groups in total. The van der Waals surface area contributed by atoms with E-state index in [1.165, 1.54) is 17.2 Å². The van der Waals surface area contributed by atoms with E-state index in [-0.39, 0.29) is 25.4 Å². The lowest BCUT2D eigenvalue weighted by Crippen LogP contribution is -2.46. The fourth-order valence-corrected chi connectivity index (χ4v) is 4.87. The Morgan fingerprint density at radius 2 is 1.68 bits per heavy atom. The van der Waals surface area contributed by atoms with Gasteiger partial charge in [0.15, 0.2) is 0 Å². The largest absolute Gasteiger partial charge is 0.310 e. The Kier molecular flexibility index (Phi) is 10.7. The lowest BCUT2D eigenvalue weighted by molar-refractivity contribution is -0.132. The van der Waals surface area contributed by atoms with Crippen LogP contribution >= 0.6 is 12.4 Å². The summed E-state index contributed by atoms with van der Waals surface area (Å²) in [6, 6.07) is 22.0. The molecule has 2 aromatic heterocycles. The zero-order chi connectivity index (χ0) is 27.7. The van der Waals surface area contributed by atoms with Crippen molar-refractivity contribution in [2.75, 3.05) is 11.4 Å². The van der Waals surface area contributed by atoms with Crippen molar-refractivity contribution in [3.05, 3.63) is 120 Å². The van der Waals surface area contributed by atoms with E-state index < -0.39 is 27.8 Å². The maximum absolute atomic E-state index is 13.7. The zero-order valence-electron chi connectivity index (χ0n) is 21.8. The molecule has 4 rings (SSSR count). The number of halogens is 1. The number of carbonyl (C=O) groups is 2. The molecule has 4 aromatic rings. The normalized spacial score (nSPS) is 11.9. The molecule has 2 aromatic carbocycles. The van der Waals surface area contributed by atoms with Crippen LogP contribution in [0.3, 0.4) is 0 Å². The summed E-state index contributed by atoms with van der Waals surface area (Å²) in [5.74, 6) is -2.78. The van der Waals surface area contributed by atoms with Gasteiger partial charge in [-0.25, -0.2) is 13.1 Å². The van der Waals surface area contributed by atoms with Crippen LogP contribution in [0, 0.1) is 5.92 Å². The smallest absolute Gasteiger partial charge is 0.257 e. The van der Waals surface area contributed by atoms with Crippen LogP contribution in [0.4, 0.5) is 5.69 Å². The Bertz CT molecular complexity index is 1530. The molecule has 1 atom stereocenters. The highest BCUT2D eigenvalue weighted by molar-refractivity contribution is 7.93. The third-order valence-electron chi connectivity index (χ3n) is 5.95. The van der Waals surface area contributed by atoms with E-state index in [2.05, 4.69) is 14.8 Å². The molecule has 40 heavy (non-hydrogen) atoms. The molecule has 0 aliphatic rings. The van der Waals surface area contributed by atoms with Gasteiger partial charge < -0.3 is 4.90 Å². The SMILES string of the molecule is CCN(C(=O)C(Cc1cnn(Cc2ccccc2)c1)C(=O)NS(=O)(=O)C=Cc1ccccc1)c1cccnc1.Cl. The van der Waals surface area contributed by atoms with E-state index in [0.29, 0.717) is 23.4 Å². The van der Waals surface area contributed by atoms with Gasteiger partial charge in [-0.2, -0.15) is 5.10 Å². The molecule has 2 heterocycles. The number of carbonyl (C=O) groups excluding carboxylic acids is 2. The summed E-state index contributed by atoms with van der Waals surface area (Å²) in [4.78, 5) is 32.5. The van der Waals surface area contributed by atoms with E-state index in [1.54, 1.807) is 66.6 Å². The highest BCUT2D eigenvalue weighted by Crippen LogP contribution is 2.19. The first-order valence-corrected chi connectivity index (χ1v) is 14.0. The van der Waals surface area contributed by atoms with E-state index in [4.69, 9.17) is 0 Å². The van der Waals surface area contributed by atoms with Crippen LogP contribution in [0.1, 0.15) is 23.6 Å². The number of anilines is 1. The van der Waals surface area contributed by atoms with Crippen molar-refractivity contribution in [1.29, 1.82) is 0 Å². The Labute approximate surface area is 240 Å². The van der Waals surface area contributed by atoms with E-state index in [1.807, 2.05) is 36.4 Å². The van der Waals surface area contributed by atoms with Gasteiger partial charge in [0, 0.05) is 18.9 Å².